The third kappa shape index (κ3) is 4.43. The van der Waals surface area contributed by atoms with E-state index in [9.17, 15) is 5.11 Å². The molecule has 1 rings (SSSR count). The van der Waals surface area contributed by atoms with Gasteiger partial charge in [0.05, 0.1) is 6.10 Å². The summed E-state index contributed by atoms with van der Waals surface area (Å²) in [7, 11) is 0. The summed E-state index contributed by atoms with van der Waals surface area (Å²) in [5.41, 5.74) is -0.00764. The van der Waals surface area contributed by atoms with E-state index in [1.165, 1.54) is 19.3 Å². The SMILES string of the molecule is CC(CC1CC1)NCC(O)C(C)(C)C. The van der Waals surface area contributed by atoms with Gasteiger partial charge in [-0.3, -0.25) is 0 Å². The van der Waals surface area contributed by atoms with Gasteiger partial charge in [0, 0.05) is 12.6 Å². The van der Waals surface area contributed by atoms with Gasteiger partial charge in [-0.2, -0.15) is 0 Å². The summed E-state index contributed by atoms with van der Waals surface area (Å²) in [5, 5.41) is 13.2. The molecule has 1 aliphatic carbocycles. The van der Waals surface area contributed by atoms with Crippen molar-refractivity contribution in [1.29, 1.82) is 0 Å². The average Bonchev–Trinajstić information content (AvgIpc) is 2.82. The molecule has 1 saturated carbocycles. The zero-order chi connectivity index (χ0) is 10.8. The van der Waals surface area contributed by atoms with Crippen molar-refractivity contribution in [2.24, 2.45) is 11.3 Å². The van der Waals surface area contributed by atoms with Gasteiger partial charge in [0.2, 0.25) is 0 Å². The normalized spacial score (nSPS) is 22.1. The van der Waals surface area contributed by atoms with Gasteiger partial charge < -0.3 is 10.4 Å². The summed E-state index contributed by atoms with van der Waals surface area (Å²) in [6, 6.07) is 0.555. The van der Waals surface area contributed by atoms with Gasteiger partial charge in [0.1, 0.15) is 0 Å². The summed E-state index contributed by atoms with van der Waals surface area (Å²) in [6.07, 6.45) is 3.85. The second kappa shape index (κ2) is 4.63. The number of aliphatic hydroxyl groups is 1. The van der Waals surface area contributed by atoms with E-state index in [1.54, 1.807) is 0 Å². The third-order valence-electron chi connectivity index (χ3n) is 3.04. The van der Waals surface area contributed by atoms with Crippen molar-refractivity contribution in [2.75, 3.05) is 6.54 Å². The fraction of sp³-hybridized carbons (Fsp3) is 1.00. The van der Waals surface area contributed by atoms with Crippen molar-refractivity contribution in [2.45, 2.75) is 59.1 Å². The van der Waals surface area contributed by atoms with E-state index in [2.05, 4.69) is 33.0 Å². The lowest BCUT2D eigenvalue weighted by atomic mass is 9.89. The van der Waals surface area contributed by atoms with Crippen LogP contribution in [0.5, 0.6) is 0 Å². The van der Waals surface area contributed by atoms with Gasteiger partial charge in [-0.05, 0) is 24.7 Å². The minimum absolute atomic E-state index is 0.00764. The van der Waals surface area contributed by atoms with Crippen LogP contribution in [0.4, 0.5) is 0 Å². The summed E-state index contributed by atoms with van der Waals surface area (Å²) in [5.74, 6) is 0.962. The lowest BCUT2D eigenvalue weighted by Gasteiger charge is -2.27. The topological polar surface area (TPSA) is 32.3 Å². The molecule has 1 fully saturated rings. The molecule has 2 heteroatoms. The summed E-state index contributed by atoms with van der Waals surface area (Å²) >= 11 is 0. The molecule has 0 saturated heterocycles. The molecule has 1 aliphatic rings. The van der Waals surface area contributed by atoms with Gasteiger partial charge in [-0.25, -0.2) is 0 Å². The van der Waals surface area contributed by atoms with E-state index in [1.807, 2.05) is 0 Å². The molecule has 14 heavy (non-hydrogen) atoms. The van der Waals surface area contributed by atoms with Crippen LogP contribution in [-0.4, -0.2) is 23.8 Å². The second-order valence-corrected chi connectivity index (χ2v) is 5.87. The molecule has 0 aromatic carbocycles. The second-order valence-electron chi connectivity index (χ2n) is 5.87. The van der Waals surface area contributed by atoms with Gasteiger partial charge in [0.25, 0.3) is 0 Å². The van der Waals surface area contributed by atoms with Crippen LogP contribution in [0.25, 0.3) is 0 Å². The Bertz CT molecular complexity index is 170. The Morgan fingerprint density at radius 2 is 1.93 bits per heavy atom. The standard InChI is InChI=1S/C12H25NO/c1-9(7-10-5-6-10)13-8-11(14)12(2,3)4/h9-11,13-14H,5-8H2,1-4H3. The van der Waals surface area contributed by atoms with Gasteiger partial charge in [-0.1, -0.05) is 33.6 Å². The highest BCUT2D eigenvalue weighted by Crippen LogP contribution is 2.33. The Kier molecular flexibility index (Phi) is 3.96. The molecule has 2 atom stereocenters. The molecular formula is C12H25NO. The van der Waals surface area contributed by atoms with Crippen LogP contribution in [0.2, 0.25) is 0 Å². The lowest BCUT2D eigenvalue weighted by molar-refractivity contribution is 0.0605. The van der Waals surface area contributed by atoms with Crippen molar-refractivity contribution in [1.82, 2.24) is 5.32 Å². The van der Waals surface area contributed by atoms with Crippen LogP contribution in [0.3, 0.4) is 0 Å². The number of aliphatic hydroxyl groups excluding tert-OH is 1. The summed E-state index contributed by atoms with van der Waals surface area (Å²) in [6.45, 7) is 9.16. The first-order valence-corrected chi connectivity index (χ1v) is 5.81. The average molecular weight is 199 g/mol. The maximum absolute atomic E-state index is 9.82. The molecule has 2 unspecified atom stereocenters. The van der Waals surface area contributed by atoms with Crippen LogP contribution in [0, 0.1) is 11.3 Å². The van der Waals surface area contributed by atoms with E-state index in [0.29, 0.717) is 6.04 Å². The smallest absolute Gasteiger partial charge is 0.0712 e. The highest BCUT2D eigenvalue weighted by atomic mass is 16.3. The number of nitrogens with one attached hydrogen (secondary N) is 1. The minimum atomic E-state index is -0.246. The molecule has 0 aliphatic heterocycles. The number of rotatable bonds is 5. The quantitative estimate of drug-likeness (QED) is 0.711. The van der Waals surface area contributed by atoms with E-state index in [4.69, 9.17) is 0 Å². The lowest BCUT2D eigenvalue weighted by Crippen LogP contribution is -2.40. The fourth-order valence-electron chi connectivity index (χ4n) is 1.56. The molecule has 2 N–H and O–H groups in total. The fourth-order valence-corrected chi connectivity index (χ4v) is 1.56. The zero-order valence-electron chi connectivity index (χ0n) is 10.0. The third-order valence-corrected chi connectivity index (χ3v) is 3.04. The van der Waals surface area contributed by atoms with Crippen LogP contribution in [0.1, 0.15) is 47.0 Å². The molecule has 0 spiro atoms. The molecule has 2 nitrogen and oxygen atoms in total. The van der Waals surface area contributed by atoms with Crippen LogP contribution in [-0.2, 0) is 0 Å². The molecule has 0 aromatic rings. The Morgan fingerprint density at radius 1 is 1.36 bits per heavy atom. The minimum Gasteiger partial charge on any atom is -0.391 e. The first-order valence-electron chi connectivity index (χ1n) is 5.81. The van der Waals surface area contributed by atoms with Crippen molar-refractivity contribution >= 4 is 0 Å². The number of hydrogen-bond donors (Lipinski definition) is 2. The molecule has 84 valence electrons. The van der Waals surface area contributed by atoms with Crippen molar-refractivity contribution < 1.29 is 5.11 Å². The molecule has 0 radical (unpaired) electrons. The van der Waals surface area contributed by atoms with E-state index < -0.39 is 0 Å². The Morgan fingerprint density at radius 3 is 2.36 bits per heavy atom. The zero-order valence-corrected chi connectivity index (χ0v) is 10.0. The highest BCUT2D eigenvalue weighted by molar-refractivity contribution is 4.80. The Labute approximate surface area is 88.1 Å². The largest absolute Gasteiger partial charge is 0.391 e. The van der Waals surface area contributed by atoms with Gasteiger partial charge in [0.15, 0.2) is 0 Å². The maximum Gasteiger partial charge on any atom is 0.0712 e. The van der Waals surface area contributed by atoms with Crippen molar-refractivity contribution in [3.63, 3.8) is 0 Å². The van der Waals surface area contributed by atoms with E-state index >= 15 is 0 Å². The van der Waals surface area contributed by atoms with E-state index in [0.717, 1.165) is 12.5 Å². The van der Waals surface area contributed by atoms with Gasteiger partial charge >= 0.3 is 0 Å². The Balaban J connectivity index is 2.11. The maximum atomic E-state index is 9.82. The number of hydrogen-bond acceptors (Lipinski definition) is 2. The van der Waals surface area contributed by atoms with Crippen molar-refractivity contribution in [3.05, 3.63) is 0 Å². The van der Waals surface area contributed by atoms with Crippen LogP contribution in [0.15, 0.2) is 0 Å². The molecular weight excluding hydrogens is 174 g/mol. The van der Waals surface area contributed by atoms with Crippen molar-refractivity contribution in [3.8, 4) is 0 Å². The first kappa shape index (κ1) is 12.0. The predicted octanol–water partition coefficient (Wildman–Crippen LogP) is 2.17. The molecule has 0 amide bonds. The van der Waals surface area contributed by atoms with E-state index in [-0.39, 0.29) is 11.5 Å². The summed E-state index contributed by atoms with van der Waals surface area (Å²) in [4.78, 5) is 0. The molecule has 0 heterocycles. The Hall–Kier alpha value is -0.0800. The summed E-state index contributed by atoms with van der Waals surface area (Å²) < 4.78 is 0. The first-order chi connectivity index (χ1) is 6.39. The molecule has 0 aromatic heterocycles. The molecule has 0 bridgehead atoms. The monoisotopic (exact) mass is 199 g/mol. The predicted molar refractivity (Wildman–Crippen MR) is 60.3 cm³/mol. The highest BCUT2D eigenvalue weighted by Gasteiger charge is 2.25. The van der Waals surface area contributed by atoms with Crippen LogP contribution >= 0.6 is 0 Å². The van der Waals surface area contributed by atoms with Crippen LogP contribution < -0.4 is 5.32 Å². The van der Waals surface area contributed by atoms with Gasteiger partial charge in [-0.15, -0.1) is 0 Å².